The van der Waals surface area contributed by atoms with Crippen molar-refractivity contribution >= 4 is 27.3 Å². The Labute approximate surface area is 148 Å². The summed E-state index contributed by atoms with van der Waals surface area (Å²) in [6.07, 6.45) is 1.30. The van der Waals surface area contributed by atoms with Gasteiger partial charge in [-0.2, -0.15) is 0 Å². The first-order valence-corrected chi connectivity index (χ1v) is 9.70. The zero-order valence-corrected chi connectivity index (χ0v) is 15.3. The highest BCUT2D eigenvalue weighted by atomic mass is 32.2. The van der Waals surface area contributed by atoms with E-state index in [2.05, 4.69) is 10.0 Å². The van der Waals surface area contributed by atoms with Crippen molar-refractivity contribution in [1.29, 1.82) is 0 Å². The topological polar surface area (TPSA) is 84.5 Å². The molecule has 0 aliphatic rings. The van der Waals surface area contributed by atoms with E-state index in [1.807, 2.05) is 32.0 Å². The van der Waals surface area contributed by atoms with Crippen LogP contribution < -0.4 is 14.8 Å². The maximum Gasteiger partial charge on any atom is 0.229 e. The van der Waals surface area contributed by atoms with Gasteiger partial charge in [-0.25, -0.2) is 8.42 Å². The second kappa shape index (κ2) is 8.02. The van der Waals surface area contributed by atoms with Crippen molar-refractivity contribution in [2.75, 3.05) is 22.9 Å². The summed E-state index contributed by atoms with van der Waals surface area (Å²) < 4.78 is 30.3. The molecule has 2 aromatic rings. The van der Waals surface area contributed by atoms with Crippen LogP contribution in [-0.4, -0.2) is 27.2 Å². The monoisotopic (exact) mass is 362 g/mol. The molecule has 0 heterocycles. The molecule has 2 N–H and O–H groups in total. The predicted molar refractivity (Wildman–Crippen MR) is 99.6 cm³/mol. The summed E-state index contributed by atoms with van der Waals surface area (Å²) in [5.41, 5.74) is 3.25. The summed E-state index contributed by atoms with van der Waals surface area (Å²) >= 11 is 0. The number of nitrogens with one attached hydrogen (secondary N) is 2. The van der Waals surface area contributed by atoms with Gasteiger partial charge in [-0.05, 0) is 55.3 Å². The molecule has 134 valence electrons. The molecule has 0 saturated carbocycles. The van der Waals surface area contributed by atoms with Gasteiger partial charge in [0.05, 0.1) is 19.3 Å². The molecule has 0 spiro atoms. The summed E-state index contributed by atoms with van der Waals surface area (Å²) in [5.74, 6) is 0.609. The van der Waals surface area contributed by atoms with Gasteiger partial charge >= 0.3 is 0 Å². The van der Waals surface area contributed by atoms with Crippen LogP contribution in [0.5, 0.6) is 5.75 Å². The average molecular weight is 362 g/mol. The molecule has 25 heavy (non-hydrogen) atoms. The molecule has 0 aliphatic carbocycles. The minimum Gasteiger partial charge on any atom is -0.493 e. The number of aryl methyl sites for hydroxylation is 1. The lowest BCUT2D eigenvalue weighted by molar-refractivity contribution is -0.116. The van der Waals surface area contributed by atoms with Crippen LogP contribution in [0.15, 0.2) is 42.5 Å². The molecule has 1 amide bonds. The fraction of sp³-hybridized carbons (Fsp3) is 0.278. The number of rotatable bonds is 7. The molecule has 2 aromatic carbocycles. The van der Waals surface area contributed by atoms with Gasteiger partial charge in [0.1, 0.15) is 5.75 Å². The number of hydrogen-bond acceptors (Lipinski definition) is 4. The number of sulfonamides is 1. The van der Waals surface area contributed by atoms with Gasteiger partial charge in [0, 0.05) is 11.4 Å². The highest BCUT2D eigenvalue weighted by Gasteiger charge is 2.06. The molecule has 0 saturated heterocycles. The number of hydrogen-bond donors (Lipinski definition) is 2. The SMILES string of the molecule is Cc1cccc(OCCC(=O)Nc2ccc(NS(C)(=O)=O)cc2)c1C. The first kappa shape index (κ1) is 18.8. The van der Waals surface area contributed by atoms with Crippen LogP contribution in [0.3, 0.4) is 0 Å². The van der Waals surface area contributed by atoms with E-state index in [-0.39, 0.29) is 18.9 Å². The summed E-state index contributed by atoms with van der Waals surface area (Å²) in [4.78, 5) is 12.0. The Morgan fingerprint density at radius 3 is 2.32 bits per heavy atom. The smallest absolute Gasteiger partial charge is 0.229 e. The standard InChI is InChI=1S/C18H22N2O4S/c1-13-5-4-6-17(14(13)2)24-12-11-18(21)19-15-7-9-16(10-8-15)20-25(3,22)23/h4-10,20H,11-12H2,1-3H3,(H,19,21). The van der Waals surface area contributed by atoms with Crippen LogP contribution in [-0.2, 0) is 14.8 Å². The second-order valence-corrected chi connectivity index (χ2v) is 7.54. The van der Waals surface area contributed by atoms with Gasteiger partial charge < -0.3 is 10.1 Å². The molecule has 2 rings (SSSR count). The number of amides is 1. The zero-order chi connectivity index (χ0) is 18.4. The Balaban J connectivity index is 1.83. The van der Waals surface area contributed by atoms with Crippen molar-refractivity contribution in [3.63, 3.8) is 0 Å². The maximum absolute atomic E-state index is 12.0. The maximum atomic E-state index is 12.0. The van der Waals surface area contributed by atoms with Crippen molar-refractivity contribution in [2.24, 2.45) is 0 Å². The van der Waals surface area contributed by atoms with Gasteiger partial charge in [0.15, 0.2) is 0 Å². The molecule has 0 unspecified atom stereocenters. The number of ether oxygens (including phenoxy) is 1. The quantitative estimate of drug-likeness (QED) is 0.793. The van der Waals surface area contributed by atoms with Crippen LogP contribution in [0, 0.1) is 13.8 Å². The van der Waals surface area contributed by atoms with Crippen molar-refractivity contribution in [1.82, 2.24) is 0 Å². The third-order valence-corrected chi connectivity index (χ3v) is 4.22. The number of anilines is 2. The molecular weight excluding hydrogens is 340 g/mol. The van der Waals surface area contributed by atoms with E-state index >= 15 is 0 Å². The fourth-order valence-electron chi connectivity index (χ4n) is 2.19. The highest BCUT2D eigenvalue weighted by Crippen LogP contribution is 2.20. The molecule has 0 bridgehead atoms. The van der Waals surface area contributed by atoms with Gasteiger partial charge in [-0.3, -0.25) is 9.52 Å². The molecule has 0 atom stereocenters. The van der Waals surface area contributed by atoms with E-state index < -0.39 is 10.0 Å². The van der Waals surface area contributed by atoms with Crippen LogP contribution in [0.2, 0.25) is 0 Å². The third kappa shape index (κ3) is 6.11. The van der Waals surface area contributed by atoms with E-state index in [0.29, 0.717) is 11.4 Å². The van der Waals surface area contributed by atoms with Gasteiger partial charge in [0.2, 0.25) is 15.9 Å². The van der Waals surface area contributed by atoms with E-state index in [1.165, 1.54) is 0 Å². The first-order valence-electron chi connectivity index (χ1n) is 7.81. The van der Waals surface area contributed by atoms with Crippen molar-refractivity contribution < 1.29 is 17.9 Å². The number of benzene rings is 2. The summed E-state index contributed by atoms with van der Waals surface area (Å²) in [5, 5.41) is 2.75. The Bertz CT molecular complexity index is 846. The Kier molecular flexibility index (Phi) is 6.03. The summed E-state index contributed by atoms with van der Waals surface area (Å²) in [6, 6.07) is 12.3. The Morgan fingerprint density at radius 1 is 1.04 bits per heavy atom. The van der Waals surface area contributed by atoms with Crippen molar-refractivity contribution in [2.45, 2.75) is 20.3 Å². The molecule has 0 aromatic heterocycles. The van der Waals surface area contributed by atoms with Crippen molar-refractivity contribution in [3.8, 4) is 5.75 Å². The average Bonchev–Trinajstić information content (AvgIpc) is 2.52. The zero-order valence-electron chi connectivity index (χ0n) is 14.5. The normalized spacial score (nSPS) is 11.0. The Hall–Kier alpha value is -2.54. The summed E-state index contributed by atoms with van der Waals surface area (Å²) in [6.45, 7) is 4.28. The minimum absolute atomic E-state index is 0.172. The van der Waals surface area contributed by atoms with E-state index in [1.54, 1.807) is 24.3 Å². The van der Waals surface area contributed by atoms with E-state index in [9.17, 15) is 13.2 Å². The largest absolute Gasteiger partial charge is 0.493 e. The molecule has 6 nitrogen and oxygen atoms in total. The molecule has 0 aliphatic heterocycles. The molecule has 7 heteroatoms. The van der Waals surface area contributed by atoms with Gasteiger partial charge in [-0.1, -0.05) is 12.1 Å². The van der Waals surface area contributed by atoms with Crippen LogP contribution >= 0.6 is 0 Å². The van der Waals surface area contributed by atoms with Crippen LogP contribution in [0.25, 0.3) is 0 Å². The van der Waals surface area contributed by atoms with Crippen molar-refractivity contribution in [3.05, 3.63) is 53.6 Å². The lowest BCUT2D eigenvalue weighted by atomic mass is 10.1. The second-order valence-electron chi connectivity index (χ2n) is 5.80. The minimum atomic E-state index is -3.31. The third-order valence-electron chi connectivity index (χ3n) is 3.61. The van der Waals surface area contributed by atoms with E-state index in [0.717, 1.165) is 23.1 Å². The van der Waals surface area contributed by atoms with Gasteiger partial charge in [0.25, 0.3) is 0 Å². The first-order chi connectivity index (χ1) is 11.7. The fourth-order valence-corrected chi connectivity index (χ4v) is 2.76. The Morgan fingerprint density at radius 2 is 1.68 bits per heavy atom. The summed E-state index contributed by atoms with van der Waals surface area (Å²) in [7, 11) is -3.31. The predicted octanol–water partition coefficient (Wildman–Crippen LogP) is 3.08. The lowest BCUT2D eigenvalue weighted by Gasteiger charge is -2.11. The molecule has 0 fully saturated rings. The van der Waals surface area contributed by atoms with Crippen LogP contribution in [0.1, 0.15) is 17.5 Å². The van der Waals surface area contributed by atoms with Gasteiger partial charge in [-0.15, -0.1) is 0 Å². The highest BCUT2D eigenvalue weighted by molar-refractivity contribution is 7.92. The van der Waals surface area contributed by atoms with E-state index in [4.69, 9.17) is 4.74 Å². The molecular formula is C18H22N2O4S. The molecule has 0 radical (unpaired) electrons. The number of carbonyl (C=O) groups excluding carboxylic acids is 1. The number of carbonyl (C=O) groups is 1. The lowest BCUT2D eigenvalue weighted by Crippen LogP contribution is -2.15. The van der Waals surface area contributed by atoms with Crippen LogP contribution in [0.4, 0.5) is 11.4 Å².